The van der Waals surface area contributed by atoms with Crippen molar-refractivity contribution in [3.05, 3.63) is 30.1 Å². The number of hydrogen-bond donors (Lipinski definition) is 3. The summed E-state index contributed by atoms with van der Waals surface area (Å²) in [7, 11) is 1.67. The molecule has 0 heterocycles. The monoisotopic (exact) mass is 352 g/mol. The van der Waals surface area contributed by atoms with Gasteiger partial charge in [0.05, 0.1) is 6.54 Å². The first-order valence-electron chi connectivity index (χ1n) is 8.37. The number of carbonyl (C=O) groups is 1. The Morgan fingerprint density at radius 1 is 1.24 bits per heavy atom. The molecule has 1 unspecified atom stereocenters. The van der Waals surface area contributed by atoms with Gasteiger partial charge >= 0.3 is 0 Å². The second-order valence-electron chi connectivity index (χ2n) is 6.77. The highest BCUT2D eigenvalue weighted by Crippen LogP contribution is 2.13. The van der Waals surface area contributed by atoms with E-state index in [0.717, 1.165) is 0 Å². The second-order valence-corrected chi connectivity index (χ2v) is 6.77. The fraction of sp³-hybridized carbons (Fsp3) is 0.556. The highest BCUT2D eigenvalue weighted by Gasteiger charge is 2.20. The zero-order valence-corrected chi connectivity index (χ0v) is 15.6. The summed E-state index contributed by atoms with van der Waals surface area (Å²) >= 11 is 0. The third-order valence-corrected chi connectivity index (χ3v) is 3.30. The molecule has 0 saturated heterocycles. The number of amides is 1. The van der Waals surface area contributed by atoms with Crippen LogP contribution in [-0.2, 0) is 4.79 Å². The molecule has 140 valence electrons. The molecule has 1 aromatic carbocycles. The summed E-state index contributed by atoms with van der Waals surface area (Å²) < 4.78 is 18.8. The number of rotatable bonds is 7. The van der Waals surface area contributed by atoms with Crippen molar-refractivity contribution in [2.45, 2.75) is 33.8 Å². The zero-order chi connectivity index (χ0) is 18.9. The maximum Gasteiger partial charge on any atom is 0.225 e. The van der Waals surface area contributed by atoms with E-state index < -0.39 is 5.41 Å². The lowest BCUT2D eigenvalue weighted by atomic mass is 9.96. The predicted octanol–water partition coefficient (Wildman–Crippen LogP) is 1.92. The molecule has 0 fully saturated rings. The van der Waals surface area contributed by atoms with Crippen LogP contribution in [0.3, 0.4) is 0 Å². The Bertz CT molecular complexity index is 585. The van der Waals surface area contributed by atoms with Crippen LogP contribution < -0.4 is 20.7 Å². The molecule has 1 amide bonds. The molecule has 1 aromatic rings. The topological polar surface area (TPSA) is 74.8 Å². The van der Waals surface area contributed by atoms with Gasteiger partial charge in [-0.15, -0.1) is 0 Å². The molecule has 25 heavy (non-hydrogen) atoms. The number of carbonyl (C=O) groups excluding carboxylic acids is 1. The smallest absolute Gasteiger partial charge is 0.225 e. The highest BCUT2D eigenvalue weighted by atomic mass is 19.1. The number of benzene rings is 1. The molecule has 3 N–H and O–H groups in total. The minimum atomic E-state index is -0.399. The van der Waals surface area contributed by atoms with E-state index in [2.05, 4.69) is 20.9 Å². The van der Waals surface area contributed by atoms with Gasteiger partial charge in [-0.3, -0.25) is 9.79 Å². The minimum absolute atomic E-state index is 0.00867. The van der Waals surface area contributed by atoms with Crippen molar-refractivity contribution in [1.29, 1.82) is 0 Å². The molecular formula is C18H29FN4O2. The van der Waals surface area contributed by atoms with E-state index >= 15 is 0 Å². The van der Waals surface area contributed by atoms with Gasteiger partial charge in [0.1, 0.15) is 17.7 Å². The van der Waals surface area contributed by atoms with Crippen LogP contribution in [0.4, 0.5) is 4.39 Å². The van der Waals surface area contributed by atoms with Crippen LogP contribution in [0.5, 0.6) is 5.75 Å². The average molecular weight is 352 g/mol. The van der Waals surface area contributed by atoms with Crippen LogP contribution in [0, 0.1) is 11.2 Å². The van der Waals surface area contributed by atoms with Crippen molar-refractivity contribution in [2.75, 3.05) is 26.7 Å². The van der Waals surface area contributed by atoms with Crippen LogP contribution >= 0.6 is 0 Å². The van der Waals surface area contributed by atoms with Crippen molar-refractivity contribution in [3.8, 4) is 5.75 Å². The molecule has 0 aliphatic carbocycles. The van der Waals surface area contributed by atoms with Gasteiger partial charge in [0.25, 0.3) is 0 Å². The highest BCUT2D eigenvalue weighted by molar-refractivity contribution is 5.81. The number of aliphatic imine (C=N–C) groups is 1. The lowest BCUT2D eigenvalue weighted by Gasteiger charge is -2.19. The number of hydrogen-bond acceptors (Lipinski definition) is 3. The largest absolute Gasteiger partial charge is 0.489 e. The summed E-state index contributed by atoms with van der Waals surface area (Å²) in [5, 5.41) is 9.10. The van der Waals surface area contributed by atoms with Gasteiger partial charge in [-0.25, -0.2) is 4.39 Å². The summed E-state index contributed by atoms with van der Waals surface area (Å²) in [5.74, 6) is 0.781. The van der Waals surface area contributed by atoms with E-state index in [-0.39, 0.29) is 17.8 Å². The quantitative estimate of drug-likeness (QED) is 0.398. The number of ether oxygens (including phenoxy) is 1. The molecule has 0 aromatic heterocycles. The van der Waals surface area contributed by atoms with E-state index in [1.165, 1.54) is 12.1 Å². The van der Waals surface area contributed by atoms with E-state index in [1.54, 1.807) is 19.2 Å². The third kappa shape index (κ3) is 8.37. The Kier molecular flexibility index (Phi) is 8.18. The standard InChI is InChI=1S/C18H29FN4O2/c1-13(25-15-8-6-7-14(19)11-15)12-23-17(20-5)22-10-9-21-16(24)18(2,3)4/h6-8,11,13H,9-10,12H2,1-5H3,(H,21,24)(H2,20,22,23). The Morgan fingerprint density at radius 3 is 2.52 bits per heavy atom. The lowest BCUT2D eigenvalue weighted by Crippen LogP contribution is -2.45. The summed E-state index contributed by atoms with van der Waals surface area (Å²) in [5.41, 5.74) is -0.399. The van der Waals surface area contributed by atoms with Gasteiger partial charge in [0.2, 0.25) is 5.91 Å². The molecule has 7 heteroatoms. The SMILES string of the molecule is CN=C(NCCNC(=O)C(C)(C)C)NCC(C)Oc1cccc(F)c1. The Labute approximate surface area is 149 Å². The third-order valence-electron chi connectivity index (χ3n) is 3.30. The van der Waals surface area contributed by atoms with E-state index in [0.29, 0.717) is 31.3 Å². The Balaban J connectivity index is 2.28. The normalized spacial score (nSPS) is 13.1. The molecule has 0 aliphatic rings. The van der Waals surface area contributed by atoms with E-state index in [1.807, 2.05) is 27.7 Å². The molecular weight excluding hydrogens is 323 g/mol. The molecule has 0 spiro atoms. The van der Waals surface area contributed by atoms with Crippen molar-refractivity contribution < 1.29 is 13.9 Å². The average Bonchev–Trinajstić information content (AvgIpc) is 2.53. The second kappa shape index (κ2) is 9.86. The lowest BCUT2D eigenvalue weighted by molar-refractivity contribution is -0.128. The van der Waals surface area contributed by atoms with Gasteiger partial charge in [-0.05, 0) is 19.1 Å². The fourth-order valence-electron chi connectivity index (χ4n) is 1.90. The zero-order valence-electron chi connectivity index (χ0n) is 15.6. The summed E-state index contributed by atoms with van der Waals surface area (Å²) in [6.07, 6.45) is -0.166. The number of nitrogens with one attached hydrogen (secondary N) is 3. The predicted molar refractivity (Wildman–Crippen MR) is 98.3 cm³/mol. The van der Waals surface area contributed by atoms with Crippen molar-refractivity contribution in [2.24, 2.45) is 10.4 Å². The molecule has 6 nitrogen and oxygen atoms in total. The summed E-state index contributed by atoms with van der Waals surface area (Å²) in [6.45, 7) is 9.06. The van der Waals surface area contributed by atoms with Crippen LogP contribution in [0.15, 0.2) is 29.3 Å². The molecule has 0 saturated carbocycles. The van der Waals surface area contributed by atoms with E-state index in [9.17, 15) is 9.18 Å². The summed E-state index contributed by atoms with van der Waals surface area (Å²) in [4.78, 5) is 15.9. The van der Waals surface area contributed by atoms with Crippen molar-refractivity contribution in [1.82, 2.24) is 16.0 Å². The molecule has 1 atom stereocenters. The molecule has 0 bridgehead atoms. The number of halogens is 1. The number of nitrogens with zero attached hydrogens (tertiary/aromatic N) is 1. The van der Waals surface area contributed by atoms with E-state index in [4.69, 9.17) is 4.74 Å². The Morgan fingerprint density at radius 2 is 1.92 bits per heavy atom. The van der Waals surface area contributed by atoms with Crippen LogP contribution in [0.2, 0.25) is 0 Å². The summed E-state index contributed by atoms with van der Waals surface area (Å²) in [6, 6.07) is 6.04. The van der Waals surface area contributed by atoms with Crippen LogP contribution in [-0.4, -0.2) is 44.7 Å². The van der Waals surface area contributed by atoms with Crippen molar-refractivity contribution in [3.63, 3.8) is 0 Å². The maximum atomic E-state index is 13.1. The van der Waals surface area contributed by atoms with Crippen molar-refractivity contribution >= 4 is 11.9 Å². The molecule has 0 radical (unpaired) electrons. The fourth-order valence-corrected chi connectivity index (χ4v) is 1.90. The van der Waals surface area contributed by atoms with Gasteiger partial charge in [0.15, 0.2) is 5.96 Å². The van der Waals surface area contributed by atoms with Gasteiger partial charge in [-0.2, -0.15) is 0 Å². The number of guanidine groups is 1. The van der Waals surface area contributed by atoms with Crippen LogP contribution in [0.1, 0.15) is 27.7 Å². The van der Waals surface area contributed by atoms with Crippen LogP contribution in [0.25, 0.3) is 0 Å². The Hall–Kier alpha value is -2.31. The first-order chi connectivity index (χ1) is 11.7. The van der Waals surface area contributed by atoms with Gasteiger partial charge in [-0.1, -0.05) is 26.8 Å². The minimum Gasteiger partial charge on any atom is -0.489 e. The first kappa shape index (κ1) is 20.7. The molecule has 1 rings (SSSR count). The first-order valence-corrected chi connectivity index (χ1v) is 8.37. The maximum absolute atomic E-state index is 13.1. The van der Waals surface area contributed by atoms with Gasteiger partial charge < -0.3 is 20.7 Å². The van der Waals surface area contributed by atoms with Gasteiger partial charge in [0, 0.05) is 31.6 Å². The molecule has 0 aliphatic heterocycles.